The van der Waals surface area contributed by atoms with Crippen molar-refractivity contribution < 1.29 is 24.2 Å². The third-order valence-electron chi connectivity index (χ3n) is 6.85. The first-order valence-electron chi connectivity index (χ1n) is 12.6. The van der Waals surface area contributed by atoms with Crippen molar-refractivity contribution in [2.24, 2.45) is 0 Å². The number of nitrogens with zero attached hydrogens (tertiary/aromatic N) is 1. The summed E-state index contributed by atoms with van der Waals surface area (Å²) >= 11 is 0. The molecule has 1 amide bonds. The minimum Gasteiger partial charge on any atom is -0.507 e. The van der Waals surface area contributed by atoms with Crippen molar-refractivity contribution in [3.05, 3.63) is 124 Å². The molecule has 0 aliphatic carbocycles. The maximum absolute atomic E-state index is 13.7. The summed E-state index contributed by atoms with van der Waals surface area (Å²) in [5, 5.41) is 11.7. The molecule has 0 spiro atoms. The number of aliphatic hydroxyl groups excluding tert-OH is 1. The highest BCUT2D eigenvalue weighted by Crippen LogP contribution is 2.45. The van der Waals surface area contributed by atoms with Crippen LogP contribution in [-0.4, -0.2) is 23.9 Å². The summed E-state index contributed by atoms with van der Waals surface area (Å²) in [4.78, 5) is 28.7. The first-order valence-corrected chi connectivity index (χ1v) is 12.6. The van der Waals surface area contributed by atoms with Crippen LogP contribution in [0, 0.1) is 20.8 Å². The summed E-state index contributed by atoms with van der Waals surface area (Å²) in [6.45, 7) is 5.65. The Hall–Kier alpha value is -4.84. The summed E-state index contributed by atoms with van der Waals surface area (Å²) < 4.78 is 11.7. The second-order valence-electron chi connectivity index (χ2n) is 9.61. The number of hydrogen-bond donors (Lipinski definition) is 1. The number of hydrogen-bond acceptors (Lipinski definition) is 5. The van der Waals surface area contributed by atoms with E-state index in [2.05, 4.69) is 0 Å². The van der Waals surface area contributed by atoms with Crippen LogP contribution in [0.1, 0.15) is 33.9 Å². The highest BCUT2D eigenvalue weighted by Gasteiger charge is 2.47. The van der Waals surface area contributed by atoms with Crippen molar-refractivity contribution in [2.45, 2.75) is 26.8 Å². The number of amides is 1. The van der Waals surface area contributed by atoms with Gasteiger partial charge in [-0.05, 0) is 79.4 Å². The van der Waals surface area contributed by atoms with Gasteiger partial charge in [-0.15, -0.1) is 0 Å². The smallest absolute Gasteiger partial charge is 0.300 e. The lowest BCUT2D eigenvalue weighted by Gasteiger charge is -2.27. The minimum absolute atomic E-state index is 0.0107. The van der Waals surface area contributed by atoms with Gasteiger partial charge in [-0.25, -0.2) is 0 Å². The number of ketones is 1. The highest BCUT2D eigenvalue weighted by atomic mass is 16.5. The number of carbonyl (C=O) groups is 2. The predicted octanol–water partition coefficient (Wildman–Crippen LogP) is 7.04. The summed E-state index contributed by atoms with van der Waals surface area (Å²) in [6.07, 6.45) is 0. The van der Waals surface area contributed by atoms with Gasteiger partial charge in [-0.3, -0.25) is 14.5 Å². The fourth-order valence-electron chi connectivity index (χ4n) is 5.15. The molecule has 4 aromatic carbocycles. The van der Waals surface area contributed by atoms with Gasteiger partial charge in [0.2, 0.25) is 0 Å². The molecule has 0 radical (unpaired) electrons. The average molecular weight is 520 g/mol. The molecule has 0 bridgehead atoms. The molecule has 5 rings (SSSR count). The molecule has 0 aromatic heterocycles. The van der Waals surface area contributed by atoms with Crippen molar-refractivity contribution in [3.63, 3.8) is 0 Å². The summed E-state index contributed by atoms with van der Waals surface area (Å²) in [7, 11) is 1.52. The molecule has 6 nitrogen and oxygen atoms in total. The second kappa shape index (κ2) is 10.5. The molecule has 1 N–H and O–H groups in total. The molecule has 6 heteroatoms. The van der Waals surface area contributed by atoms with Crippen LogP contribution in [0.5, 0.6) is 17.2 Å². The van der Waals surface area contributed by atoms with Crippen LogP contribution in [0.25, 0.3) is 5.76 Å². The number of aryl methyl sites for hydroxylation is 3. The zero-order valence-electron chi connectivity index (χ0n) is 22.3. The number of aliphatic hydroxyl groups is 1. The molecule has 1 heterocycles. The van der Waals surface area contributed by atoms with Crippen molar-refractivity contribution in [1.29, 1.82) is 0 Å². The highest BCUT2D eigenvalue weighted by molar-refractivity contribution is 6.51. The molecule has 0 saturated carbocycles. The Morgan fingerprint density at radius 2 is 1.49 bits per heavy atom. The first kappa shape index (κ1) is 25.8. The Balaban J connectivity index is 1.73. The van der Waals surface area contributed by atoms with E-state index >= 15 is 0 Å². The number of anilines is 1. The third-order valence-corrected chi connectivity index (χ3v) is 6.85. The number of benzene rings is 4. The van der Waals surface area contributed by atoms with Gasteiger partial charge in [0.05, 0.1) is 24.3 Å². The van der Waals surface area contributed by atoms with Crippen LogP contribution in [-0.2, 0) is 9.59 Å². The van der Waals surface area contributed by atoms with Gasteiger partial charge in [0.1, 0.15) is 23.0 Å². The Kier molecular flexibility index (Phi) is 6.94. The van der Waals surface area contributed by atoms with Crippen LogP contribution in [0.2, 0.25) is 0 Å². The van der Waals surface area contributed by atoms with E-state index in [4.69, 9.17) is 9.47 Å². The Labute approximate surface area is 227 Å². The molecule has 1 saturated heterocycles. The van der Waals surface area contributed by atoms with Crippen LogP contribution >= 0.6 is 0 Å². The van der Waals surface area contributed by atoms with Gasteiger partial charge < -0.3 is 14.6 Å². The van der Waals surface area contributed by atoms with Crippen molar-refractivity contribution >= 4 is 23.1 Å². The average Bonchev–Trinajstić information content (AvgIpc) is 3.19. The van der Waals surface area contributed by atoms with Gasteiger partial charge >= 0.3 is 0 Å². The third kappa shape index (κ3) is 4.77. The van der Waals surface area contributed by atoms with Gasteiger partial charge in [0.15, 0.2) is 0 Å². The molecule has 1 atom stereocenters. The van der Waals surface area contributed by atoms with E-state index in [1.807, 2.05) is 93.6 Å². The normalized spacial score (nSPS) is 16.4. The second-order valence-corrected chi connectivity index (χ2v) is 9.61. The van der Waals surface area contributed by atoms with E-state index in [1.54, 1.807) is 18.2 Å². The maximum Gasteiger partial charge on any atom is 0.300 e. The van der Waals surface area contributed by atoms with Gasteiger partial charge in [0.25, 0.3) is 11.7 Å². The maximum atomic E-state index is 13.7. The molecular formula is C33H29NO5. The topological polar surface area (TPSA) is 76.1 Å². The number of ether oxygens (including phenoxy) is 2. The fraction of sp³-hybridized carbons (Fsp3) is 0.152. The van der Waals surface area contributed by atoms with Crippen molar-refractivity contribution in [1.82, 2.24) is 0 Å². The zero-order valence-corrected chi connectivity index (χ0v) is 22.3. The summed E-state index contributed by atoms with van der Waals surface area (Å²) in [5.74, 6) is -0.127. The van der Waals surface area contributed by atoms with Crippen LogP contribution in [0.15, 0.2) is 96.6 Å². The van der Waals surface area contributed by atoms with Crippen LogP contribution in [0.4, 0.5) is 5.69 Å². The SMILES string of the molecule is COc1c(C)cc(C)cc1/C(O)=C1\C(=O)C(=O)N(c2ccccc2C)C1c1cccc(Oc2ccccc2)c1. The number of methoxy groups -OCH3 is 1. The summed E-state index contributed by atoms with van der Waals surface area (Å²) in [6, 6.07) is 26.8. The molecular weight excluding hydrogens is 490 g/mol. The Morgan fingerprint density at radius 3 is 2.21 bits per heavy atom. The Bertz CT molecular complexity index is 1610. The molecule has 1 unspecified atom stereocenters. The van der Waals surface area contributed by atoms with E-state index in [0.717, 1.165) is 16.7 Å². The van der Waals surface area contributed by atoms with E-state index < -0.39 is 17.7 Å². The lowest BCUT2D eigenvalue weighted by molar-refractivity contribution is -0.132. The van der Waals surface area contributed by atoms with Crippen LogP contribution in [0.3, 0.4) is 0 Å². The molecule has 1 aliphatic rings. The van der Waals surface area contributed by atoms with E-state index in [1.165, 1.54) is 12.0 Å². The molecule has 39 heavy (non-hydrogen) atoms. The predicted molar refractivity (Wildman–Crippen MR) is 151 cm³/mol. The quantitative estimate of drug-likeness (QED) is 0.168. The first-order chi connectivity index (χ1) is 18.8. The van der Waals surface area contributed by atoms with E-state index in [-0.39, 0.29) is 11.3 Å². The standard InChI is InChI=1S/C33H29NO5/c1-20-17-22(3)32(38-4)26(18-20)30(35)28-29(34(33(37)31(28)36)27-16-9-8-11-21(27)2)23-12-10-15-25(19-23)39-24-13-6-5-7-14-24/h5-19,29,35H,1-4H3/b30-28+. The van der Waals surface area contributed by atoms with Gasteiger partial charge in [-0.1, -0.05) is 54.6 Å². The number of Topliss-reactive ketones (excluding diaryl/α,β-unsaturated/α-hetero) is 1. The zero-order chi connectivity index (χ0) is 27.7. The molecule has 4 aromatic rings. The van der Waals surface area contributed by atoms with Crippen molar-refractivity contribution in [3.8, 4) is 17.2 Å². The molecule has 196 valence electrons. The number of rotatable bonds is 6. The lowest BCUT2D eigenvalue weighted by atomic mass is 9.93. The molecule has 1 aliphatic heterocycles. The monoisotopic (exact) mass is 519 g/mol. The number of carbonyl (C=O) groups excluding carboxylic acids is 2. The van der Waals surface area contributed by atoms with Gasteiger partial charge in [-0.2, -0.15) is 0 Å². The molecule has 1 fully saturated rings. The Morgan fingerprint density at radius 1 is 0.795 bits per heavy atom. The van der Waals surface area contributed by atoms with Crippen LogP contribution < -0.4 is 14.4 Å². The lowest BCUT2D eigenvalue weighted by Crippen LogP contribution is -2.30. The number of para-hydroxylation sites is 2. The fourth-order valence-corrected chi connectivity index (χ4v) is 5.15. The van der Waals surface area contributed by atoms with E-state index in [0.29, 0.717) is 34.1 Å². The van der Waals surface area contributed by atoms with E-state index in [9.17, 15) is 14.7 Å². The largest absolute Gasteiger partial charge is 0.507 e. The summed E-state index contributed by atoms with van der Waals surface area (Å²) in [5.41, 5.74) is 4.08. The minimum atomic E-state index is -0.893. The van der Waals surface area contributed by atoms with Gasteiger partial charge in [0, 0.05) is 5.69 Å². The van der Waals surface area contributed by atoms with Crippen molar-refractivity contribution in [2.75, 3.05) is 12.0 Å².